The molecule has 3 aromatic carbocycles. The Bertz CT molecular complexity index is 2770. The summed E-state index contributed by atoms with van der Waals surface area (Å²) in [6.45, 7) is 10.2. The summed E-state index contributed by atoms with van der Waals surface area (Å²) in [6, 6.07) is 16.9. The zero-order valence-corrected chi connectivity index (χ0v) is 37.3. The van der Waals surface area contributed by atoms with Crippen LogP contribution in [0, 0.1) is 22.0 Å². The summed E-state index contributed by atoms with van der Waals surface area (Å²) in [5.74, 6) is -2.37. The van der Waals surface area contributed by atoms with E-state index in [1.54, 1.807) is 13.0 Å². The molecule has 4 fully saturated rings. The summed E-state index contributed by atoms with van der Waals surface area (Å²) >= 11 is 0. The molecule has 3 aromatic rings. The Hall–Kier alpha value is -5.84. The minimum Gasteiger partial charge on any atom is -0.741 e. The number of nitrogens with zero attached hydrogens (tertiary/aromatic N) is 4. The highest BCUT2D eigenvalue weighted by molar-refractivity contribution is 7.86. The molecule has 3 N–H and O–H groups in total. The molecular weight excluding hydrogens is 965 g/mol. The lowest BCUT2D eigenvalue weighted by atomic mass is 9.76. The minimum atomic E-state index is -6.09. The molecule has 0 spiro atoms. The number of nitrogens with two attached hydrogens (primary N) is 1. The van der Waals surface area contributed by atoms with Gasteiger partial charge in [0.1, 0.15) is 58.1 Å². The van der Waals surface area contributed by atoms with E-state index in [1.807, 2.05) is 31.2 Å². The first-order valence-corrected chi connectivity index (χ1v) is 23.1. The molecule has 1 aliphatic carbocycles. The lowest BCUT2D eigenvalue weighted by Gasteiger charge is -2.55. The first kappa shape index (κ1) is 51.5. The lowest BCUT2D eigenvalue weighted by molar-refractivity contribution is -1.08. The summed E-state index contributed by atoms with van der Waals surface area (Å²) in [5.41, 5.74) is -0.00180. The van der Waals surface area contributed by atoms with Crippen molar-refractivity contribution in [1.82, 2.24) is 4.90 Å². The highest BCUT2D eigenvalue weighted by Gasteiger charge is 2.60. The number of aliphatic hydroxyl groups excluding tert-OH is 1. The predicted molar refractivity (Wildman–Crippen MR) is 219 cm³/mol. The number of primary amides is 1. The molecule has 9 rings (SSSR count). The van der Waals surface area contributed by atoms with E-state index in [-0.39, 0.29) is 41.5 Å². The number of non-ortho nitro benzene ring substituents is 1. The Morgan fingerprint density at radius 1 is 0.824 bits per heavy atom. The van der Waals surface area contributed by atoms with Gasteiger partial charge in [-0.3, -0.25) is 24.5 Å². The Morgan fingerprint density at radius 2 is 1.32 bits per heavy atom. The molecule has 368 valence electrons. The van der Waals surface area contributed by atoms with E-state index in [9.17, 15) is 60.7 Å². The molecule has 0 radical (unpaired) electrons. The van der Waals surface area contributed by atoms with E-state index >= 15 is 0 Å². The number of nitro groups is 1. The van der Waals surface area contributed by atoms with Crippen molar-refractivity contribution in [2.45, 2.75) is 50.2 Å². The van der Waals surface area contributed by atoms with Crippen LogP contribution in [0.4, 0.5) is 32.0 Å². The van der Waals surface area contributed by atoms with Gasteiger partial charge in [-0.05, 0) is 65.1 Å². The first-order valence-electron chi connectivity index (χ1n) is 20.3. The van der Waals surface area contributed by atoms with Crippen LogP contribution < -0.4 is 5.73 Å². The number of quaternary nitrogens is 2. The van der Waals surface area contributed by atoms with Crippen molar-refractivity contribution in [2.24, 2.45) is 17.6 Å². The molecule has 5 heterocycles. The molecule has 19 nitrogen and oxygen atoms in total. The number of fused-ring (bicyclic) bond motifs is 7. The monoisotopic (exact) mass is 1010 g/mol. The maximum atomic E-state index is 13.8. The average Bonchev–Trinajstić information content (AvgIpc) is 3.65. The highest BCUT2D eigenvalue weighted by atomic mass is 32.2. The second-order valence-electron chi connectivity index (χ2n) is 17.1. The van der Waals surface area contributed by atoms with Crippen molar-refractivity contribution < 1.29 is 95.2 Å². The molecule has 2 bridgehead atoms. The highest BCUT2D eigenvalue weighted by Crippen LogP contribution is 2.52. The zero-order chi connectivity index (χ0) is 50.7. The second-order valence-corrected chi connectivity index (χ2v) is 19.8. The third-order valence-electron chi connectivity index (χ3n) is 12.8. The number of β-lactam (4-membered cyclic amide) rings is 1. The number of nitro benzene ring substituents is 1. The van der Waals surface area contributed by atoms with Crippen molar-refractivity contribution in [3.05, 3.63) is 104 Å². The summed E-state index contributed by atoms with van der Waals surface area (Å²) in [4.78, 5) is 64.7. The number of ketones is 1. The summed E-state index contributed by atoms with van der Waals surface area (Å²) in [6.07, 6.45) is -0.913. The standard InChI is InChI=1S/C39H40N5O8.2CHF3O3S/c1-22-33(36(41-35(22)34(23(2)45)38(41)48)39(49)52-21-24-3-7-27(8-4-24)42(50)51)26-6-10-29-30(18-26)28-9-5-25(17-31(28)37(29)47)19-43-11-14-44(15-12-43,16-13-43)20-32(40)46;2*2-1(3,4)8(5,6)7/h3-10,17-18,22-23,34-35,45H,11-16,19-21H2,1-2H3,(H-,40,46);2*(H,5,6,7)/q+1;;/p-1/t22-,23+,34+,35+,43?,44?;;/m0../s1. The molecule has 4 saturated heterocycles. The molecule has 6 aliphatic rings. The molecule has 0 saturated carbocycles. The van der Waals surface area contributed by atoms with Crippen LogP contribution in [0.15, 0.2) is 66.4 Å². The molecule has 27 heteroatoms. The Morgan fingerprint density at radius 3 is 1.81 bits per heavy atom. The largest absolute Gasteiger partial charge is 0.741 e. The molecule has 5 aliphatic heterocycles. The van der Waals surface area contributed by atoms with Crippen LogP contribution in [-0.4, -0.2) is 142 Å². The fraction of sp³-hybridized carbons (Fsp3) is 0.415. The van der Waals surface area contributed by atoms with Gasteiger partial charge in [0.25, 0.3) is 11.6 Å². The minimum absolute atomic E-state index is 0.0582. The molecule has 0 unspecified atom stereocenters. The third kappa shape index (κ3) is 10.1. The van der Waals surface area contributed by atoms with E-state index in [0.29, 0.717) is 34.4 Å². The normalized spacial score (nSPS) is 24.3. The van der Waals surface area contributed by atoms with Gasteiger partial charge in [-0.2, -0.15) is 26.3 Å². The number of aliphatic hydroxyl groups is 1. The number of hydrogen-bond donors (Lipinski definition) is 2. The van der Waals surface area contributed by atoms with E-state index in [2.05, 4.69) is 6.07 Å². The van der Waals surface area contributed by atoms with E-state index in [1.165, 1.54) is 29.2 Å². The second kappa shape index (κ2) is 18.2. The van der Waals surface area contributed by atoms with Crippen molar-refractivity contribution in [1.29, 1.82) is 0 Å². The maximum Gasteiger partial charge on any atom is 0.485 e. The van der Waals surface area contributed by atoms with Crippen LogP contribution in [0.5, 0.6) is 0 Å². The van der Waals surface area contributed by atoms with Crippen molar-refractivity contribution in [2.75, 3.05) is 45.8 Å². The third-order valence-corrected chi connectivity index (χ3v) is 13.9. The van der Waals surface area contributed by atoms with E-state index < -0.39 is 60.2 Å². The van der Waals surface area contributed by atoms with E-state index in [4.69, 9.17) is 36.4 Å². The van der Waals surface area contributed by atoms with Gasteiger partial charge in [-0.15, -0.1) is 0 Å². The van der Waals surface area contributed by atoms with Gasteiger partial charge >= 0.3 is 17.0 Å². The smallest absolute Gasteiger partial charge is 0.485 e. The van der Waals surface area contributed by atoms with Gasteiger partial charge in [0, 0.05) is 34.7 Å². The number of halogens is 6. The zero-order valence-electron chi connectivity index (χ0n) is 35.7. The van der Waals surface area contributed by atoms with Crippen LogP contribution in [0.2, 0.25) is 0 Å². The lowest BCUT2D eigenvalue weighted by Crippen LogP contribution is -2.75. The number of carbonyl (C=O) groups excluding carboxylic acids is 4. The van der Waals surface area contributed by atoms with Crippen molar-refractivity contribution >= 4 is 55.1 Å². The molecule has 0 aromatic heterocycles. The summed E-state index contributed by atoms with van der Waals surface area (Å²) in [5, 5.41) is 21.5. The van der Waals surface area contributed by atoms with Gasteiger partial charge in [0.2, 0.25) is 5.91 Å². The number of alkyl halides is 6. The molecule has 68 heavy (non-hydrogen) atoms. The van der Waals surface area contributed by atoms with Crippen molar-refractivity contribution in [3.63, 3.8) is 0 Å². The van der Waals surface area contributed by atoms with E-state index in [0.717, 1.165) is 71.5 Å². The number of carbonyl (C=O) groups is 4. The molecule has 2 amide bonds. The first-order chi connectivity index (χ1) is 31.3. The van der Waals surface area contributed by atoms with Gasteiger partial charge in [0.15, 0.2) is 32.6 Å². The Balaban J connectivity index is 0.000000409. The average molecular weight is 1010 g/mol. The quantitative estimate of drug-likeness (QED) is 0.0338. The number of hydrogen-bond acceptors (Lipinski definition) is 14. The van der Waals surface area contributed by atoms with Gasteiger partial charge in [-0.25, -0.2) is 21.6 Å². The van der Waals surface area contributed by atoms with Crippen LogP contribution in [-0.2, 0) is 52.5 Å². The number of ether oxygens (including phenoxy) is 1. The SMILES string of the molecule is C[C@@H](O)[C@H]1C(=O)N2C(C(=O)OCc3ccc([N+](=O)[O-])cc3)=C(c3ccc4c(c3)-c3ccc(C[N+]56CC[N+](CC(N)=O)(CC5)CC6)cc3C4=O)[C@H](C)[C@H]12.O=S(=O)([O-])C(F)(F)F.O=S(=O)([O-])C(F)(F)F. The molecular formula is C41H41F6N5O14S2. The molecule has 4 atom stereocenters. The van der Waals surface area contributed by atoms with Crippen molar-refractivity contribution in [3.8, 4) is 11.1 Å². The fourth-order valence-corrected chi connectivity index (χ4v) is 9.40. The van der Waals surface area contributed by atoms with Crippen LogP contribution >= 0.6 is 0 Å². The Kier molecular flexibility index (Phi) is 13.8. The number of benzene rings is 3. The van der Waals surface area contributed by atoms with Gasteiger partial charge in [0.05, 0.1) is 23.0 Å². The van der Waals surface area contributed by atoms with Crippen LogP contribution in [0.1, 0.15) is 46.5 Å². The number of esters is 1. The van der Waals surface area contributed by atoms with Crippen LogP contribution in [0.3, 0.4) is 0 Å². The summed E-state index contributed by atoms with van der Waals surface area (Å²) in [7, 11) is -12.2. The van der Waals surface area contributed by atoms with Gasteiger partial charge < -0.3 is 38.5 Å². The number of amides is 2. The fourth-order valence-electron chi connectivity index (χ4n) is 9.40. The van der Waals surface area contributed by atoms with Gasteiger partial charge in [-0.1, -0.05) is 25.1 Å². The maximum absolute atomic E-state index is 13.8. The number of piperazine rings is 3. The van der Waals surface area contributed by atoms with Crippen LogP contribution in [0.25, 0.3) is 16.7 Å². The number of rotatable bonds is 10. The topological polar surface area (TPSA) is 285 Å². The summed E-state index contributed by atoms with van der Waals surface area (Å²) < 4.78 is 125. The Labute approximate surface area is 383 Å². The predicted octanol–water partition coefficient (Wildman–Crippen LogP) is 2.87.